The Morgan fingerprint density at radius 1 is 0.875 bits per heavy atom. The summed E-state index contributed by atoms with van der Waals surface area (Å²) in [6, 6.07) is -4.26. The van der Waals surface area contributed by atoms with Crippen molar-refractivity contribution >= 4 is 47.2 Å². The lowest BCUT2D eigenvalue weighted by molar-refractivity contribution is -0.143. The number of nitrogens with one attached hydrogen (secondary N) is 3. The summed E-state index contributed by atoms with van der Waals surface area (Å²) in [5.41, 5.74) is 5.90. The van der Waals surface area contributed by atoms with Crippen LogP contribution in [0, 0.1) is 5.92 Å². The van der Waals surface area contributed by atoms with E-state index in [4.69, 9.17) is 5.73 Å². The first-order chi connectivity index (χ1) is 15.0. The number of aliphatic hydroxyl groups is 1. The molecule has 3 amide bonds. The summed E-state index contributed by atoms with van der Waals surface area (Å²) < 4.78 is 0. The minimum absolute atomic E-state index is 0.197. The third-order valence-electron chi connectivity index (χ3n) is 5.05. The smallest absolute Gasteiger partial charge is 0.326 e. The van der Waals surface area contributed by atoms with E-state index in [9.17, 15) is 29.4 Å². The molecule has 10 nitrogen and oxygen atoms in total. The molecule has 0 saturated carbocycles. The van der Waals surface area contributed by atoms with Crippen LogP contribution in [-0.2, 0) is 19.2 Å². The van der Waals surface area contributed by atoms with Crippen LogP contribution in [0.25, 0.3) is 0 Å². The fourth-order valence-corrected chi connectivity index (χ4v) is 3.70. The number of carboxylic acids is 1. The molecular weight excluding hydrogens is 456 g/mol. The molecule has 0 rings (SSSR count). The van der Waals surface area contributed by atoms with Crippen molar-refractivity contribution in [2.75, 3.05) is 24.0 Å². The lowest BCUT2D eigenvalue weighted by Gasteiger charge is -2.29. The van der Waals surface area contributed by atoms with E-state index in [2.05, 4.69) is 16.0 Å². The Labute approximate surface area is 198 Å². The molecule has 6 unspecified atom stereocenters. The van der Waals surface area contributed by atoms with Gasteiger partial charge in [0.05, 0.1) is 12.1 Å². The van der Waals surface area contributed by atoms with Crippen LogP contribution in [0.5, 0.6) is 0 Å². The zero-order valence-electron chi connectivity index (χ0n) is 19.4. The van der Waals surface area contributed by atoms with Gasteiger partial charge in [-0.25, -0.2) is 4.79 Å². The number of amides is 3. The highest BCUT2D eigenvalue weighted by molar-refractivity contribution is 7.98. The van der Waals surface area contributed by atoms with Gasteiger partial charge in [-0.2, -0.15) is 23.5 Å². The molecule has 0 aromatic carbocycles. The number of aliphatic hydroxyl groups excluding tert-OH is 1. The summed E-state index contributed by atoms with van der Waals surface area (Å²) in [5, 5.41) is 26.9. The van der Waals surface area contributed by atoms with Gasteiger partial charge >= 0.3 is 5.97 Å². The number of hydrogen-bond donors (Lipinski definition) is 6. The predicted octanol–water partition coefficient (Wildman–Crippen LogP) is -0.214. The van der Waals surface area contributed by atoms with Gasteiger partial charge in [-0.15, -0.1) is 0 Å². The standard InChI is InChI=1S/C20H38N4O6S2/c1-6-11(2)15(23-17(26)13(21)7-9-31-4)18(27)24-16(12(3)25)19(28)22-14(20(29)30)8-10-32-5/h11-16,25H,6-10,21H2,1-5H3,(H,22,28)(H,23,26)(H,24,27)(H,29,30). The molecule has 186 valence electrons. The number of thioether (sulfide) groups is 2. The molecule has 32 heavy (non-hydrogen) atoms. The number of carbonyl (C=O) groups is 4. The maximum atomic E-state index is 12.9. The van der Waals surface area contributed by atoms with E-state index in [-0.39, 0.29) is 12.3 Å². The first-order valence-corrected chi connectivity index (χ1v) is 13.3. The van der Waals surface area contributed by atoms with Crippen LogP contribution < -0.4 is 21.7 Å². The Bertz CT molecular complexity index is 623. The average molecular weight is 495 g/mol. The van der Waals surface area contributed by atoms with Crippen LogP contribution in [0.4, 0.5) is 0 Å². The highest BCUT2D eigenvalue weighted by atomic mass is 32.2. The van der Waals surface area contributed by atoms with Gasteiger partial charge in [-0.05, 0) is 49.7 Å². The van der Waals surface area contributed by atoms with Crippen LogP contribution in [0.1, 0.15) is 40.0 Å². The largest absolute Gasteiger partial charge is 0.480 e. The molecule has 0 aliphatic heterocycles. The molecule has 0 aromatic rings. The first kappa shape index (κ1) is 30.5. The van der Waals surface area contributed by atoms with Crippen LogP contribution >= 0.6 is 23.5 Å². The Morgan fingerprint density at radius 3 is 1.84 bits per heavy atom. The minimum atomic E-state index is -1.38. The third kappa shape index (κ3) is 10.9. The monoisotopic (exact) mass is 494 g/mol. The third-order valence-corrected chi connectivity index (χ3v) is 6.34. The summed E-state index contributed by atoms with van der Waals surface area (Å²) in [6.07, 6.45) is 3.65. The SMILES string of the molecule is CCC(C)C(NC(=O)C(N)CCSC)C(=O)NC(C(=O)NC(CCSC)C(=O)O)C(C)O. The maximum Gasteiger partial charge on any atom is 0.326 e. The number of aliphatic carboxylic acids is 1. The van der Waals surface area contributed by atoms with Gasteiger partial charge in [-0.3, -0.25) is 14.4 Å². The van der Waals surface area contributed by atoms with E-state index in [0.717, 1.165) is 0 Å². The molecule has 0 aliphatic carbocycles. The molecule has 6 atom stereocenters. The summed E-state index contributed by atoms with van der Waals surface area (Å²) in [4.78, 5) is 49.4. The molecule has 0 bridgehead atoms. The Morgan fingerprint density at radius 2 is 1.38 bits per heavy atom. The lowest BCUT2D eigenvalue weighted by Crippen LogP contribution is -2.61. The summed E-state index contributed by atoms with van der Waals surface area (Å²) >= 11 is 2.99. The van der Waals surface area contributed by atoms with E-state index in [1.165, 1.54) is 18.7 Å². The number of hydrogen-bond acceptors (Lipinski definition) is 8. The highest BCUT2D eigenvalue weighted by Gasteiger charge is 2.34. The molecule has 0 radical (unpaired) electrons. The van der Waals surface area contributed by atoms with Gasteiger partial charge in [-0.1, -0.05) is 20.3 Å². The van der Waals surface area contributed by atoms with E-state index in [1.807, 2.05) is 19.4 Å². The number of carbonyl (C=O) groups excluding carboxylic acids is 3. The van der Waals surface area contributed by atoms with Crippen LogP contribution in [0.2, 0.25) is 0 Å². The minimum Gasteiger partial charge on any atom is -0.480 e. The van der Waals surface area contributed by atoms with E-state index in [1.54, 1.807) is 18.7 Å². The van der Waals surface area contributed by atoms with Crippen molar-refractivity contribution in [3.63, 3.8) is 0 Å². The van der Waals surface area contributed by atoms with Crippen LogP contribution in [-0.4, -0.2) is 88.2 Å². The Hall–Kier alpha value is -1.50. The van der Waals surface area contributed by atoms with Crippen molar-refractivity contribution < 1.29 is 29.4 Å². The molecule has 0 heterocycles. The zero-order valence-corrected chi connectivity index (χ0v) is 21.1. The second-order valence-electron chi connectivity index (χ2n) is 7.67. The zero-order chi connectivity index (χ0) is 24.8. The van der Waals surface area contributed by atoms with Gasteiger partial charge in [0.2, 0.25) is 17.7 Å². The molecule has 0 fully saturated rings. The molecule has 0 spiro atoms. The van der Waals surface area contributed by atoms with Crippen molar-refractivity contribution in [2.45, 2.75) is 70.3 Å². The van der Waals surface area contributed by atoms with Crippen LogP contribution in [0.15, 0.2) is 0 Å². The van der Waals surface area contributed by atoms with E-state index in [0.29, 0.717) is 24.3 Å². The normalized spacial score (nSPS) is 16.7. The van der Waals surface area contributed by atoms with Crippen molar-refractivity contribution in [3.05, 3.63) is 0 Å². The molecule has 12 heteroatoms. The quantitative estimate of drug-likeness (QED) is 0.170. The van der Waals surface area contributed by atoms with Gasteiger partial charge in [0.1, 0.15) is 18.1 Å². The number of rotatable bonds is 16. The second kappa shape index (κ2) is 16.2. The van der Waals surface area contributed by atoms with Gasteiger partial charge in [0.15, 0.2) is 0 Å². The molecule has 0 saturated heterocycles. The van der Waals surface area contributed by atoms with Gasteiger partial charge in [0, 0.05) is 0 Å². The van der Waals surface area contributed by atoms with Gasteiger partial charge in [0.25, 0.3) is 0 Å². The van der Waals surface area contributed by atoms with Crippen molar-refractivity contribution in [1.82, 2.24) is 16.0 Å². The highest BCUT2D eigenvalue weighted by Crippen LogP contribution is 2.10. The average Bonchev–Trinajstić information content (AvgIpc) is 2.75. The summed E-state index contributed by atoms with van der Waals surface area (Å²) in [7, 11) is 0. The number of nitrogens with two attached hydrogens (primary N) is 1. The number of carboxylic acid groups (broad SMARTS) is 1. The molecule has 0 aromatic heterocycles. The predicted molar refractivity (Wildman–Crippen MR) is 129 cm³/mol. The Balaban J connectivity index is 5.38. The van der Waals surface area contributed by atoms with E-state index < -0.39 is 54.0 Å². The second-order valence-corrected chi connectivity index (χ2v) is 9.64. The fourth-order valence-electron chi connectivity index (χ4n) is 2.74. The Kier molecular flexibility index (Phi) is 15.4. The topological polar surface area (TPSA) is 171 Å². The van der Waals surface area contributed by atoms with Crippen molar-refractivity contribution in [1.29, 1.82) is 0 Å². The molecular formula is C20H38N4O6S2. The molecule has 0 aliphatic rings. The first-order valence-electron chi connectivity index (χ1n) is 10.5. The van der Waals surface area contributed by atoms with Crippen molar-refractivity contribution in [3.8, 4) is 0 Å². The van der Waals surface area contributed by atoms with Gasteiger partial charge < -0.3 is 31.9 Å². The fraction of sp³-hybridized carbons (Fsp3) is 0.800. The van der Waals surface area contributed by atoms with Crippen molar-refractivity contribution in [2.24, 2.45) is 11.7 Å². The summed E-state index contributed by atoms with van der Waals surface area (Å²) in [5.74, 6) is -2.19. The summed E-state index contributed by atoms with van der Waals surface area (Å²) in [6.45, 7) is 4.95. The van der Waals surface area contributed by atoms with E-state index >= 15 is 0 Å². The lowest BCUT2D eigenvalue weighted by atomic mass is 9.97. The molecule has 7 N–H and O–H groups in total. The maximum absolute atomic E-state index is 12.9. The van der Waals surface area contributed by atoms with Crippen LogP contribution in [0.3, 0.4) is 0 Å².